The van der Waals surface area contributed by atoms with Crippen molar-refractivity contribution in [2.24, 2.45) is 7.05 Å². The Morgan fingerprint density at radius 3 is 2.35 bits per heavy atom. The van der Waals surface area contributed by atoms with Crippen molar-refractivity contribution < 1.29 is 0 Å². The van der Waals surface area contributed by atoms with E-state index in [9.17, 15) is 0 Å². The van der Waals surface area contributed by atoms with Crippen LogP contribution in [0, 0.1) is 13.8 Å². The highest BCUT2D eigenvalue weighted by Gasteiger charge is 2.23. The van der Waals surface area contributed by atoms with Gasteiger partial charge < -0.3 is 9.80 Å². The molecular weight excluding hydrogens is 348 g/mol. The van der Waals surface area contributed by atoms with E-state index in [1.807, 2.05) is 19.5 Å². The van der Waals surface area contributed by atoms with Gasteiger partial charge >= 0.3 is 0 Å². The topological polar surface area (TPSA) is 75.9 Å². The summed E-state index contributed by atoms with van der Waals surface area (Å²) in [6.07, 6.45) is 5.48. The Kier molecular flexibility index (Phi) is 4.39. The number of aromatic nitrogens is 6. The lowest BCUT2D eigenvalue weighted by Crippen LogP contribution is -2.47. The second-order valence-electron chi connectivity index (χ2n) is 6.42. The highest BCUT2D eigenvalue weighted by atomic mass is 32.2. The smallest absolute Gasteiger partial charge is 0.189 e. The number of nitrogens with zero attached hydrogens (tertiary/aromatic N) is 8. The van der Waals surface area contributed by atoms with Gasteiger partial charge in [-0.25, -0.2) is 19.9 Å². The van der Waals surface area contributed by atoms with Crippen molar-refractivity contribution in [1.29, 1.82) is 0 Å². The standard InChI is InChI=1S/C17H22N8S/c1-11-12(2)21-17(26-4)22-14(11)24-5-7-25(8-6-24)16-13-9-20-23(3)15(13)18-10-19-16/h9-10H,5-8H2,1-4H3. The average Bonchev–Trinajstić information content (AvgIpc) is 3.05. The van der Waals surface area contributed by atoms with E-state index in [4.69, 9.17) is 4.98 Å². The Bertz CT molecular complexity index is 945. The van der Waals surface area contributed by atoms with Crippen molar-refractivity contribution in [2.45, 2.75) is 19.0 Å². The van der Waals surface area contributed by atoms with Crippen LogP contribution in [0.25, 0.3) is 11.0 Å². The lowest BCUT2D eigenvalue weighted by molar-refractivity contribution is 0.636. The molecule has 4 heterocycles. The lowest BCUT2D eigenvalue weighted by atomic mass is 10.2. The van der Waals surface area contributed by atoms with E-state index in [1.54, 1.807) is 22.8 Å². The molecule has 3 aromatic rings. The monoisotopic (exact) mass is 370 g/mol. The molecule has 0 amide bonds. The van der Waals surface area contributed by atoms with E-state index in [0.29, 0.717) is 0 Å². The van der Waals surface area contributed by atoms with E-state index in [2.05, 4.69) is 43.7 Å². The maximum atomic E-state index is 4.75. The van der Waals surface area contributed by atoms with Crippen LogP contribution in [0.4, 0.5) is 11.6 Å². The third-order valence-electron chi connectivity index (χ3n) is 4.91. The highest BCUT2D eigenvalue weighted by molar-refractivity contribution is 7.98. The molecule has 9 heteroatoms. The second-order valence-corrected chi connectivity index (χ2v) is 7.19. The fourth-order valence-electron chi connectivity index (χ4n) is 3.32. The zero-order chi connectivity index (χ0) is 18.3. The van der Waals surface area contributed by atoms with Gasteiger partial charge in [-0.15, -0.1) is 0 Å². The third-order valence-corrected chi connectivity index (χ3v) is 5.46. The summed E-state index contributed by atoms with van der Waals surface area (Å²) < 4.78 is 1.79. The van der Waals surface area contributed by atoms with Gasteiger partial charge in [0.15, 0.2) is 10.8 Å². The van der Waals surface area contributed by atoms with Crippen LogP contribution in [0.5, 0.6) is 0 Å². The van der Waals surface area contributed by atoms with Gasteiger partial charge in [-0.2, -0.15) is 5.10 Å². The molecule has 0 saturated carbocycles. The van der Waals surface area contributed by atoms with Gasteiger partial charge in [-0.1, -0.05) is 11.8 Å². The number of piperazine rings is 1. The van der Waals surface area contributed by atoms with Gasteiger partial charge in [-0.3, -0.25) is 4.68 Å². The van der Waals surface area contributed by atoms with Crippen LogP contribution in [-0.2, 0) is 7.05 Å². The Morgan fingerprint density at radius 1 is 0.962 bits per heavy atom. The van der Waals surface area contributed by atoms with Gasteiger partial charge in [0.05, 0.1) is 11.6 Å². The number of thioether (sulfide) groups is 1. The number of hydrogen-bond donors (Lipinski definition) is 0. The fraction of sp³-hybridized carbons (Fsp3) is 0.471. The zero-order valence-electron chi connectivity index (χ0n) is 15.5. The van der Waals surface area contributed by atoms with Crippen LogP contribution >= 0.6 is 11.8 Å². The molecule has 1 aliphatic rings. The van der Waals surface area contributed by atoms with Crippen molar-refractivity contribution in [1.82, 2.24) is 29.7 Å². The number of rotatable bonds is 3. The van der Waals surface area contributed by atoms with Crippen molar-refractivity contribution in [2.75, 3.05) is 42.2 Å². The Balaban J connectivity index is 1.57. The molecular formula is C17H22N8S. The molecule has 136 valence electrons. The summed E-state index contributed by atoms with van der Waals surface area (Å²) in [6.45, 7) is 7.73. The molecule has 1 fully saturated rings. The highest BCUT2D eigenvalue weighted by Crippen LogP contribution is 2.27. The fourth-order valence-corrected chi connectivity index (χ4v) is 3.73. The Morgan fingerprint density at radius 2 is 1.65 bits per heavy atom. The van der Waals surface area contributed by atoms with Crippen LogP contribution in [0.15, 0.2) is 17.7 Å². The summed E-state index contributed by atoms with van der Waals surface area (Å²) in [5.41, 5.74) is 3.08. The maximum Gasteiger partial charge on any atom is 0.189 e. The minimum absolute atomic E-state index is 0.832. The molecule has 0 atom stereocenters. The number of fused-ring (bicyclic) bond motifs is 1. The summed E-state index contributed by atoms with van der Waals surface area (Å²) in [7, 11) is 1.90. The predicted molar refractivity (Wildman–Crippen MR) is 104 cm³/mol. The van der Waals surface area contributed by atoms with Crippen LogP contribution in [0.3, 0.4) is 0 Å². The van der Waals surface area contributed by atoms with Crippen LogP contribution < -0.4 is 9.80 Å². The molecule has 26 heavy (non-hydrogen) atoms. The second kappa shape index (κ2) is 6.71. The summed E-state index contributed by atoms with van der Waals surface area (Å²) in [4.78, 5) is 22.8. The molecule has 0 aliphatic carbocycles. The molecule has 3 aromatic heterocycles. The van der Waals surface area contributed by atoms with Crippen LogP contribution in [-0.4, -0.2) is 62.2 Å². The summed E-state index contributed by atoms with van der Waals surface area (Å²) in [5.74, 6) is 2.01. The Hall–Kier alpha value is -2.42. The minimum atomic E-state index is 0.832. The maximum absolute atomic E-state index is 4.75. The number of anilines is 2. The van der Waals surface area contributed by atoms with Crippen LogP contribution in [0.1, 0.15) is 11.3 Å². The predicted octanol–water partition coefficient (Wildman–Crippen LogP) is 1.82. The van der Waals surface area contributed by atoms with E-state index in [-0.39, 0.29) is 0 Å². The van der Waals surface area contributed by atoms with E-state index in [0.717, 1.165) is 65.3 Å². The first-order valence-electron chi connectivity index (χ1n) is 8.60. The van der Waals surface area contributed by atoms with Gasteiger partial charge in [-0.05, 0) is 20.1 Å². The van der Waals surface area contributed by atoms with Crippen LogP contribution in [0.2, 0.25) is 0 Å². The first-order valence-corrected chi connectivity index (χ1v) is 9.82. The molecule has 1 aliphatic heterocycles. The number of hydrogen-bond acceptors (Lipinski definition) is 8. The summed E-state index contributed by atoms with van der Waals surface area (Å²) in [5, 5.41) is 6.15. The largest absolute Gasteiger partial charge is 0.353 e. The molecule has 0 radical (unpaired) electrons. The average molecular weight is 370 g/mol. The molecule has 0 unspecified atom stereocenters. The zero-order valence-corrected chi connectivity index (χ0v) is 16.3. The van der Waals surface area contributed by atoms with Gasteiger partial charge in [0.1, 0.15) is 18.0 Å². The summed E-state index contributed by atoms with van der Waals surface area (Å²) >= 11 is 1.59. The summed E-state index contributed by atoms with van der Waals surface area (Å²) in [6, 6.07) is 0. The van der Waals surface area contributed by atoms with E-state index >= 15 is 0 Å². The molecule has 0 spiro atoms. The lowest BCUT2D eigenvalue weighted by Gasteiger charge is -2.37. The van der Waals surface area contributed by atoms with Gasteiger partial charge in [0, 0.05) is 44.5 Å². The molecule has 0 bridgehead atoms. The number of aryl methyl sites for hydroxylation is 2. The molecule has 1 saturated heterocycles. The first-order chi connectivity index (χ1) is 12.6. The Labute approximate surface area is 156 Å². The van der Waals surface area contributed by atoms with Crippen molar-refractivity contribution >= 4 is 34.4 Å². The van der Waals surface area contributed by atoms with Gasteiger partial charge in [0.2, 0.25) is 0 Å². The SMILES string of the molecule is CSc1nc(C)c(C)c(N2CCN(c3ncnc4c3cnn4C)CC2)n1. The van der Waals surface area contributed by atoms with Crippen molar-refractivity contribution in [3.05, 3.63) is 23.8 Å². The van der Waals surface area contributed by atoms with Crippen molar-refractivity contribution in [3.63, 3.8) is 0 Å². The van der Waals surface area contributed by atoms with E-state index in [1.165, 1.54) is 0 Å². The molecule has 8 nitrogen and oxygen atoms in total. The van der Waals surface area contributed by atoms with E-state index < -0.39 is 0 Å². The van der Waals surface area contributed by atoms with Gasteiger partial charge in [0.25, 0.3) is 0 Å². The molecule has 0 aromatic carbocycles. The first kappa shape index (κ1) is 17.0. The van der Waals surface area contributed by atoms with Crippen molar-refractivity contribution in [3.8, 4) is 0 Å². The molecule has 4 rings (SSSR count). The quantitative estimate of drug-likeness (QED) is 0.510. The minimum Gasteiger partial charge on any atom is -0.353 e. The third kappa shape index (κ3) is 2.86. The molecule has 0 N–H and O–H groups in total. The normalized spacial score (nSPS) is 15.1.